The first kappa shape index (κ1) is 27.3. The Labute approximate surface area is 230 Å². The van der Waals surface area contributed by atoms with E-state index in [-0.39, 0.29) is 30.2 Å². The summed E-state index contributed by atoms with van der Waals surface area (Å²) in [5.74, 6) is -2.34. The van der Waals surface area contributed by atoms with Gasteiger partial charge in [0.25, 0.3) is 0 Å². The molecule has 3 aliphatic rings. The Morgan fingerprint density at radius 2 is 1.69 bits per heavy atom. The van der Waals surface area contributed by atoms with Gasteiger partial charge in [0.1, 0.15) is 11.6 Å². The fourth-order valence-corrected chi connectivity index (χ4v) is 7.22. The highest BCUT2D eigenvalue weighted by Gasteiger charge is 2.78. The number of anilines is 2. The van der Waals surface area contributed by atoms with Crippen molar-refractivity contribution >= 4 is 29.1 Å². The highest BCUT2D eigenvalue weighted by atomic mass is 16.5. The van der Waals surface area contributed by atoms with Crippen LogP contribution in [0.2, 0.25) is 0 Å². The van der Waals surface area contributed by atoms with E-state index >= 15 is 0 Å². The van der Waals surface area contributed by atoms with Gasteiger partial charge in [-0.15, -0.1) is 0 Å². The van der Waals surface area contributed by atoms with Crippen molar-refractivity contribution in [2.24, 2.45) is 17.8 Å². The lowest BCUT2D eigenvalue weighted by Crippen LogP contribution is -2.56. The van der Waals surface area contributed by atoms with Gasteiger partial charge in [-0.2, -0.15) is 0 Å². The number of fused-ring (bicyclic) bond motifs is 1. The fourth-order valence-electron chi connectivity index (χ4n) is 7.22. The number of carbonyl (C=O) groups is 3. The largest absolute Gasteiger partial charge is 0.394 e. The number of ether oxygens (including phenoxy) is 1. The van der Waals surface area contributed by atoms with Crippen molar-refractivity contribution in [1.29, 1.82) is 0 Å². The van der Waals surface area contributed by atoms with Gasteiger partial charge < -0.3 is 25.4 Å². The van der Waals surface area contributed by atoms with Gasteiger partial charge in [0.05, 0.1) is 30.1 Å². The molecular weight excluding hydrogens is 494 g/mol. The van der Waals surface area contributed by atoms with Crippen molar-refractivity contribution in [1.82, 2.24) is 4.90 Å². The Kier molecular flexibility index (Phi) is 7.06. The number of aliphatic hydroxyl groups excluding tert-OH is 1. The molecule has 208 valence electrons. The Balaban J connectivity index is 1.56. The molecule has 0 aromatic heterocycles. The molecule has 3 aliphatic heterocycles. The van der Waals surface area contributed by atoms with E-state index in [0.717, 1.165) is 11.1 Å². The van der Waals surface area contributed by atoms with Gasteiger partial charge in [0, 0.05) is 11.4 Å². The van der Waals surface area contributed by atoms with Crippen LogP contribution in [0, 0.1) is 31.6 Å². The first-order valence-electron chi connectivity index (χ1n) is 13.9. The summed E-state index contributed by atoms with van der Waals surface area (Å²) in [4.78, 5) is 43.9. The van der Waals surface area contributed by atoms with Crippen LogP contribution in [0.4, 0.5) is 11.4 Å². The Morgan fingerprint density at radius 3 is 2.31 bits per heavy atom. The molecule has 1 spiro atoms. The van der Waals surface area contributed by atoms with Crippen molar-refractivity contribution in [3.05, 3.63) is 59.7 Å². The number of nitrogens with zero attached hydrogens (tertiary/aromatic N) is 1. The average Bonchev–Trinajstić information content (AvgIpc) is 3.46. The van der Waals surface area contributed by atoms with E-state index in [9.17, 15) is 19.5 Å². The minimum Gasteiger partial charge on any atom is -0.394 e. The second-order valence-corrected chi connectivity index (χ2v) is 12.1. The van der Waals surface area contributed by atoms with E-state index in [2.05, 4.69) is 10.6 Å². The van der Waals surface area contributed by atoms with Gasteiger partial charge in [-0.05, 0) is 69.2 Å². The van der Waals surface area contributed by atoms with Gasteiger partial charge in [-0.1, -0.05) is 50.2 Å². The third kappa shape index (κ3) is 4.43. The van der Waals surface area contributed by atoms with Crippen LogP contribution in [0.25, 0.3) is 0 Å². The molecule has 3 N–H and O–H groups in total. The van der Waals surface area contributed by atoms with Gasteiger partial charge in [0.2, 0.25) is 17.7 Å². The summed E-state index contributed by atoms with van der Waals surface area (Å²) >= 11 is 0. The second-order valence-electron chi connectivity index (χ2n) is 12.1. The minimum atomic E-state index is -1.16. The summed E-state index contributed by atoms with van der Waals surface area (Å²) in [7, 11) is 0. The van der Waals surface area contributed by atoms with Crippen molar-refractivity contribution in [2.75, 3.05) is 17.2 Å². The van der Waals surface area contributed by atoms with Crippen LogP contribution in [0.1, 0.15) is 51.2 Å². The number of hydrogen-bond donors (Lipinski definition) is 3. The van der Waals surface area contributed by atoms with E-state index in [1.54, 1.807) is 17.0 Å². The van der Waals surface area contributed by atoms with E-state index in [1.165, 1.54) is 0 Å². The van der Waals surface area contributed by atoms with Crippen molar-refractivity contribution in [3.63, 3.8) is 0 Å². The number of nitrogens with one attached hydrogen (secondary N) is 2. The predicted octanol–water partition coefficient (Wildman–Crippen LogP) is 4.05. The number of para-hydroxylation sites is 2. The number of amides is 3. The standard InChI is InChI=1S/C31H39N3O5/c1-18(2)16-22(17-35)34-26(28(37)33-25-19(3)10-9-11-20(25)4)31-15-14-30(5,39-31)23(24(31)29(34)38)27(36)32-21-12-7-6-8-13-21/h6-13,18,22-24,26,35H,14-17H2,1-5H3,(H,32,36)(H,33,37)/t22-,23-,24+,26?,30+,31?/m1/s1. The monoisotopic (exact) mass is 533 g/mol. The van der Waals surface area contributed by atoms with Gasteiger partial charge in [0.15, 0.2) is 0 Å². The highest BCUT2D eigenvalue weighted by molar-refractivity contribution is 6.05. The molecule has 2 aromatic rings. The lowest BCUT2D eigenvalue weighted by Gasteiger charge is -2.37. The number of carbonyl (C=O) groups excluding carboxylic acids is 3. The number of aryl methyl sites for hydroxylation is 2. The second kappa shape index (κ2) is 10.1. The minimum absolute atomic E-state index is 0.183. The molecule has 0 aliphatic carbocycles. The predicted molar refractivity (Wildman–Crippen MR) is 149 cm³/mol. The molecule has 3 saturated heterocycles. The zero-order valence-corrected chi connectivity index (χ0v) is 23.4. The molecule has 0 saturated carbocycles. The zero-order valence-electron chi connectivity index (χ0n) is 23.4. The van der Waals surface area contributed by atoms with E-state index < -0.39 is 35.1 Å². The molecule has 8 nitrogen and oxygen atoms in total. The maximum absolute atomic E-state index is 14.3. The zero-order chi connectivity index (χ0) is 28.1. The van der Waals surface area contributed by atoms with E-state index in [1.807, 2.05) is 71.0 Å². The summed E-state index contributed by atoms with van der Waals surface area (Å²) in [6, 6.07) is 13.4. The fraction of sp³-hybridized carbons (Fsp3) is 0.516. The molecule has 2 bridgehead atoms. The van der Waals surface area contributed by atoms with E-state index in [4.69, 9.17) is 4.74 Å². The number of benzene rings is 2. The molecule has 2 aromatic carbocycles. The number of likely N-dealkylation sites (tertiary alicyclic amines) is 1. The SMILES string of the molecule is Cc1cccc(C)c1NC(=O)C1N([C@@H](CO)CC(C)C)C(=O)[C@@H]2[C@H](C(=O)Nc3ccccc3)[C@]3(C)CCC12O3. The Bertz CT molecular complexity index is 1260. The van der Waals surface area contributed by atoms with Crippen molar-refractivity contribution in [2.45, 2.75) is 77.2 Å². The summed E-state index contributed by atoms with van der Waals surface area (Å²) in [6.07, 6.45) is 1.56. The van der Waals surface area contributed by atoms with Crippen LogP contribution in [-0.2, 0) is 19.1 Å². The van der Waals surface area contributed by atoms with Crippen LogP contribution in [0.15, 0.2) is 48.5 Å². The molecule has 0 radical (unpaired) electrons. The Hall–Kier alpha value is -3.23. The molecule has 3 amide bonds. The summed E-state index contributed by atoms with van der Waals surface area (Å²) in [5, 5.41) is 16.5. The normalized spacial score (nSPS) is 30.0. The highest BCUT2D eigenvalue weighted by Crippen LogP contribution is 2.63. The van der Waals surface area contributed by atoms with Crippen molar-refractivity contribution in [3.8, 4) is 0 Å². The third-order valence-corrected chi connectivity index (χ3v) is 8.86. The molecular formula is C31H39N3O5. The average molecular weight is 534 g/mol. The lowest BCUT2D eigenvalue weighted by atomic mass is 9.66. The van der Waals surface area contributed by atoms with Crippen LogP contribution in [-0.4, -0.2) is 57.6 Å². The molecule has 2 unspecified atom stereocenters. The first-order chi connectivity index (χ1) is 18.5. The van der Waals surface area contributed by atoms with Crippen LogP contribution < -0.4 is 10.6 Å². The third-order valence-electron chi connectivity index (χ3n) is 8.86. The lowest BCUT2D eigenvalue weighted by molar-refractivity contribution is -0.147. The maximum atomic E-state index is 14.3. The maximum Gasteiger partial charge on any atom is 0.250 e. The number of aliphatic hydroxyl groups is 1. The molecule has 5 rings (SSSR count). The molecule has 6 atom stereocenters. The van der Waals surface area contributed by atoms with Gasteiger partial charge >= 0.3 is 0 Å². The topological polar surface area (TPSA) is 108 Å². The molecule has 3 heterocycles. The van der Waals surface area contributed by atoms with Crippen molar-refractivity contribution < 1.29 is 24.2 Å². The Morgan fingerprint density at radius 1 is 1.03 bits per heavy atom. The summed E-state index contributed by atoms with van der Waals surface area (Å²) in [5.41, 5.74) is 1.14. The summed E-state index contributed by atoms with van der Waals surface area (Å²) in [6.45, 7) is 9.50. The number of hydrogen-bond acceptors (Lipinski definition) is 5. The summed E-state index contributed by atoms with van der Waals surface area (Å²) < 4.78 is 6.71. The van der Waals surface area contributed by atoms with Crippen LogP contribution >= 0.6 is 0 Å². The smallest absolute Gasteiger partial charge is 0.250 e. The molecule has 8 heteroatoms. The van der Waals surface area contributed by atoms with Crippen LogP contribution in [0.3, 0.4) is 0 Å². The quantitative estimate of drug-likeness (QED) is 0.475. The molecule has 3 fully saturated rings. The van der Waals surface area contributed by atoms with Gasteiger partial charge in [-0.25, -0.2) is 0 Å². The first-order valence-corrected chi connectivity index (χ1v) is 13.9. The van der Waals surface area contributed by atoms with E-state index in [0.29, 0.717) is 30.6 Å². The number of rotatable bonds is 8. The van der Waals surface area contributed by atoms with Gasteiger partial charge in [-0.3, -0.25) is 14.4 Å². The van der Waals surface area contributed by atoms with Crippen LogP contribution in [0.5, 0.6) is 0 Å². The molecule has 39 heavy (non-hydrogen) atoms.